The number of aromatic nitrogens is 4. The van der Waals surface area contributed by atoms with Crippen molar-refractivity contribution in [3.05, 3.63) is 61.0 Å². The molecule has 0 aliphatic carbocycles. The van der Waals surface area contributed by atoms with E-state index in [-0.39, 0.29) is 0 Å². The molecule has 5 nitrogen and oxygen atoms in total. The van der Waals surface area contributed by atoms with Gasteiger partial charge in [-0.25, -0.2) is 4.98 Å². The van der Waals surface area contributed by atoms with E-state index >= 15 is 0 Å². The smallest absolute Gasteiger partial charge is 0.253 e. The molecule has 3 heterocycles. The van der Waals surface area contributed by atoms with E-state index in [0.29, 0.717) is 17.4 Å². The first-order valence-electron chi connectivity index (χ1n) is 6.23. The second-order valence-corrected chi connectivity index (χ2v) is 4.32. The molecule has 4 rings (SSSR count). The van der Waals surface area contributed by atoms with Crippen LogP contribution in [0, 0.1) is 0 Å². The molecule has 3 aromatic heterocycles. The molecular formula is C15H10N4O. The van der Waals surface area contributed by atoms with Crippen molar-refractivity contribution < 1.29 is 4.42 Å². The molecule has 0 amide bonds. The van der Waals surface area contributed by atoms with Crippen molar-refractivity contribution in [3.63, 3.8) is 0 Å². The van der Waals surface area contributed by atoms with Crippen LogP contribution in [-0.2, 0) is 0 Å². The fourth-order valence-corrected chi connectivity index (χ4v) is 2.13. The highest BCUT2D eigenvalue weighted by Gasteiger charge is 2.12. The number of hydrogen-bond acceptors (Lipinski definition) is 4. The average molecular weight is 262 g/mol. The van der Waals surface area contributed by atoms with Crippen LogP contribution in [-0.4, -0.2) is 19.6 Å². The molecule has 0 aliphatic rings. The Kier molecular flexibility index (Phi) is 2.35. The minimum Gasteiger partial charge on any atom is -0.461 e. The predicted molar refractivity (Wildman–Crippen MR) is 73.9 cm³/mol. The monoisotopic (exact) mass is 262 g/mol. The van der Waals surface area contributed by atoms with E-state index in [1.54, 1.807) is 17.0 Å². The van der Waals surface area contributed by atoms with Gasteiger partial charge in [0.15, 0.2) is 5.76 Å². The Morgan fingerprint density at radius 2 is 1.85 bits per heavy atom. The van der Waals surface area contributed by atoms with Crippen molar-refractivity contribution in [1.29, 1.82) is 0 Å². The first kappa shape index (κ1) is 10.9. The van der Waals surface area contributed by atoms with Gasteiger partial charge in [0.2, 0.25) is 5.82 Å². The molecule has 20 heavy (non-hydrogen) atoms. The summed E-state index contributed by atoms with van der Waals surface area (Å²) in [5.74, 6) is 1.72. The predicted octanol–water partition coefficient (Wildman–Crippen LogP) is 3.05. The van der Waals surface area contributed by atoms with Crippen LogP contribution in [0.4, 0.5) is 0 Å². The molecule has 0 saturated heterocycles. The maximum Gasteiger partial charge on any atom is 0.253 e. The molecule has 0 spiro atoms. The van der Waals surface area contributed by atoms with Crippen LogP contribution in [0.2, 0.25) is 0 Å². The van der Waals surface area contributed by atoms with Crippen LogP contribution < -0.4 is 0 Å². The fourth-order valence-electron chi connectivity index (χ4n) is 2.13. The van der Waals surface area contributed by atoms with Gasteiger partial charge in [-0.05, 0) is 18.2 Å². The Morgan fingerprint density at radius 3 is 2.65 bits per heavy atom. The second kappa shape index (κ2) is 4.31. The minimum absolute atomic E-state index is 0.533. The van der Waals surface area contributed by atoms with Gasteiger partial charge in [-0.1, -0.05) is 30.3 Å². The van der Waals surface area contributed by atoms with Crippen molar-refractivity contribution >= 4 is 5.78 Å². The average Bonchev–Trinajstić information content (AvgIpc) is 3.16. The maximum atomic E-state index is 5.33. The van der Waals surface area contributed by atoms with E-state index in [2.05, 4.69) is 15.1 Å². The van der Waals surface area contributed by atoms with Crippen molar-refractivity contribution in [2.45, 2.75) is 0 Å². The molecular weight excluding hydrogens is 252 g/mol. The summed E-state index contributed by atoms with van der Waals surface area (Å²) >= 11 is 0. The van der Waals surface area contributed by atoms with Gasteiger partial charge >= 0.3 is 0 Å². The van der Waals surface area contributed by atoms with Gasteiger partial charge in [0.25, 0.3) is 5.78 Å². The molecule has 0 N–H and O–H groups in total. The molecule has 5 heteroatoms. The zero-order valence-electron chi connectivity index (χ0n) is 10.5. The normalized spacial score (nSPS) is 11.0. The largest absolute Gasteiger partial charge is 0.461 e. The molecule has 0 atom stereocenters. The molecule has 96 valence electrons. The minimum atomic E-state index is 0.533. The molecule has 0 bridgehead atoms. The Morgan fingerprint density at radius 1 is 0.950 bits per heavy atom. The number of rotatable bonds is 2. The lowest BCUT2D eigenvalue weighted by atomic mass is 10.1. The Bertz CT molecular complexity index is 850. The summed E-state index contributed by atoms with van der Waals surface area (Å²) < 4.78 is 7.06. The van der Waals surface area contributed by atoms with Crippen LogP contribution in [0.5, 0.6) is 0 Å². The summed E-state index contributed by atoms with van der Waals surface area (Å²) in [6, 6.07) is 15.6. The third-order valence-corrected chi connectivity index (χ3v) is 3.05. The summed E-state index contributed by atoms with van der Waals surface area (Å²) in [6.07, 6.45) is 3.34. The van der Waals surface area contributed by atoms with Crippen molar-refractivity contribution in [2.75, 3.05) is 0 Å². The first-order chi connectivity index (χ1) is 9.92. The maximum absolute atomic E-state index is 5.33. The number of hydrogen-bond donors (Lipinski definition) is 0. The zero-order valence-corrected chi connectivity index (χ0v) is 10.5. The highest BCUT2D eigenvalue weighted by Crippen LogP contribution is 2.21. The lowest BCUT2D eigenvalue weighted by Crippen LogP contribution is -1.95. The van der Waals surface area contributed by atoms with Crippen molar-refractivity contribution in [1.82, 2.24) is 19.6 Å². The Hall–Kier alpha value is -2.95. The third kappa shape index (κ3) is 1.68. The van der Waals surface area contributed by atoms with Gasteiger partial charge in [-0.2, -0.15) is 9.50 Å². The lowest BCUT2D eigenvalue weighted by Gasteiger charge is -2.02. The first-order valence-corrected chi connectivity index (χ1v) is 6.23. The SMILES string of the molecule is c1ccc(-c2ccnc3nc(-c4ccco4)nn23)cc1. The van der Waals surface area contributed by atoms with Gasteiger partial charge < -0.3 is 4.42 Å². The van der Waals surface area contributed by atoms with Crippen LogP contribution in [0.25, 0.3) is 28.6 Å². The van der Waals surface area contributed by atoms with Crippen LogP contribution in [0.1, 0.15) is 0 Å². The topological polar surface area (TPSA) is 56.2 Å². The molecule has 1 aromatic carbocycles. The molecule has 0 radical (unpaired) electrons. The highest BCUT2D eigenvalue weighted by molar-refractivity contribution is 5.62. The molecule has 0 aliphatic heterocycles. The second-order valence-electron chi connectivity index (χ2n) is 4.32. The lowest BCUT2D eigenvalue weighted by molar-refractivity contribution is 0.577. The summed E-state index contributed by atoms with van der Waals surface area (Å²) in [7, 11) is 0. The molecule has 4 aromatic rings. The van der Waals surface area contributed by atoms with Gasteiger partial charge in [-0.3, -0.25) is 0 Å². The third-order valence-electron chi connectivity index (χ3n) is 3.05. The summed E-state index contributed by atoms with van der Waals surface area (Å²) in [5, 5.41) is 4.48. The molecule has 0 unspecified atom stereocenters. The zero-order chi connectivity index (χ0) is 13.4. The van der Waals surface area contributed by atoms with Crippen LogP contribution in [0.3, 0.4) is 0 Å². The Balaban J connectivity index is 1.95. The number of fused-ring (bicyclic) bond motifs is 1. The van der Waals surface area contributed by atoms with E-state index in [0.717, 1.165) is 11.3 Å². The van der Waals surface area contributed by atoms with E-state index in [9.17, 15) is 0 Å². The van der Waals surface area contributed by atoms with Crippen LogP contribution in [0.15, 0.2) is 65.4 Å². The standard InChI is InChI=1S/C15H10N4O/c1-2-5-11(6-3-1)12-8-9-16-15-17-14(18-19(12)15)13-7-4-10-20-13/h1-10H. The molecule has 0 fully saturated rings. The molecule has 0 saturated carbocycles. The van der Waals surface area contributed by atoms with Crippen molar-refractivity contribution in [3.8, 4) is 22.8 Å². The summed E-state index contributed by atoms with van der Waals surface area (Å²) in [6.45, 7) is 0. The number of furan rings is 1. The quantitative estimate of drug-likeness (QED) is 0.557. The highest BCUT2D eigenvalue weighted by atomic mass is 16.3. The van der Waals surface area contributed by atoms with E-state index < -0.39 is 0 Å². The van der Waals surface area contributed by atoms with Gasteiger partial charge in [0, 0.05) is 11.8 Å². The summed E-state index contributed by atoms with van der Waals surface area (Å²) in [5.41, 5.74) is 2.01. The van der Waals surface area contributed by atoms with Gasteiger partial charge in [0.05, 0.1) is 12.0 Å². The number of nitrogens with zero attached hydrogens (tertiary/aromatic N) is 4. The van der Waals surface area contributed by atoms with E-state index in [1.807, 2.05) is 48.5 Å². The Labute approximate surface area is 114 Å². The van der Waals surface area contributed by atoms with Crippen LogP contribution >= 0.6 is 0 Å². The summed E-state index contributed by atoms with van der Waals surface area (Å²) in [4.78, 5) is 8.63. The van der Waals surface area contributed by atoms with E-state index in [1.165, 1.54) is 0 Å². The van der Waals surface area contributed by atoms with E-state index in [4.69, 9.17) is 4.42 Å². The van der Waals surface area contributed by atoms with Crippen molar-refractivity contribution in [2.24, 2.45) is 0 Å². The van der Waals surface area contributed by atoms with Gasteiger partial charge in [0.1, 0.15) is 0 Å². The van der Waals surface area contributed by atoms with Gasteiger partial charge in [-0.15, -0.1) is 5.10 Å². The fraction of sp³-hybridized carbons (Fsp3) is 0. The number of benzene rings is 1.